The summed E-state index contributed by atoms with van der Waals surface area (Å²) in [5.41, 5.74) is 9.44. The van der Waals surface area contributed by atoms with E-state index in [1.807, 2.05) is 39.1 Å². The molecule has 0 saturated carbocycles. The average Bonchev–Trinajstić information content (AvgIpc) is 3.67. The van der Waals surface area contributed by atoms with Gasteiger partial charge in [0.05, 0.1) is 11.4 Å². The number of hydrogen-bond donors (Lipinski definition) is 5. The predicted molar refractivity (Wildman–Crippen MR) is 168 cm³/mol. The number of aliphatic imine (C=N–C) groups is 1. The molecule has 2 aromatic heterocycles. The Bertz CT molecular complexity index is 1700. The average molecular weight is 599 g/mol. The molecule has 2 amide bonds. The lowest BCUT2D eigenvalue weighted by Crippen LogP contribution is -2.16. The number of nitrogens with one attached hydrogen (secondary N) is 3. The monoisotopic (exact) mass is 598 g/mol. The summed E-state index contributed by atoms with van der Waals surface area (Å²) >= 11 is 0. The fourth-order valence-electron chi connectivity index (χ4n) is 6.59. The van der Waals surface area contributed by atoms with E-state index in [4.69, 9.17) is 0 Å². The lowest BCUT2D eigenvalue weighted by molar-refractivity contribution is -0.138. The van der Waals surface area contributed by atoms with Crippen LogP contribution in [0.5, 0.6) is 0 Å². The Hall–Kier alpha value is -4.73. The van der Waals surface area contributed by atoms with Crippen molar-refractivity contribution in [2.75, 3.05) is 0 Å². The number of amides is 2. The summed E-state index contributed by atoms with van der Waals surface area (Å²) < 4.78 is 0. The fourth-order valence-corrected chi connectivity index (χ4v) is 6.59. The molecule has 0 bridgehead atoms. The zero-order valence-electron chi connectivity index (χ0n) is 25.3. The first kappa shape index (κ1) is 30.7. The van der Waals surface area contributed by atoms with Crippen molar-refractivity contribution >= 4 is 47.2 Å². The highest BCUT2D eigenvalue weighted by atomic mass is 16.4. The van der Waals surface area contributed by atoms with Gasteiger partial charge < -0.3 is 25.5 Å². The van der Waals surface area contributed by atoms with Crippen LogP contribution in [0.4, 0.5) is 0 Å². The number of carboxylic acid groups (broad SMARTS) is 2. The summed E-state index contributed by atoms with van der Waals surface area (Å²) in [7, 11) is 0. The van der Waals surface area contributed by atoms with Gasteiger partial charge in [-0.25, -0.2) is 4.99 Å². The van der Waals surface area contributed by atoms with Gasteiger partial charge in [0.25, 0.3) is 5.91 Å². The summed E-state index contributed by atoms with van der Waals surface area (Å²) in [5, 5.41) is 21.8. The predicted octanol–water partition coefficient (Wildman–Crippen LogP) is 5.16. The van der Waals surface area contributed by atoms with E-state index in [-0.39, 0.29) is 42.9 Å². The maximum atomic E-state index is 13.0. The lowest BCUT2D eigenvalue weighted by Gasteiger charge is -2.18. The van der Waals surface area contributed by atoms with Crippen molar-refractivity contribution < 1.29 is 29.4 Å². The smallest absolute Gasteiger partial charge is 0.303 e. The maximum Gasteiger partial charge on any atom is 0.303 e. The molecule has 5 N–H and O–H groups in total. The molecule has 1 fully saturated rings. The van der Waals surface area contributed by atoms with Gasteiger partial charge in [0, 0.05) is 59.1 Å². The summed E-state index contributed by atoms with van der Waals surface area (Å²) in [4.78, 5) is 59.8. The minimum Gasteiger partial charge on any atom is -0.481 e. The van der Waals surface area contributed by atoms with Crippen molar-refractivity contribution in [1.29, 1.82) is 0 Å². The van der Waals surface area contributed by atoms with Crippen molar-refractivity contribution in [2.24, 2.45) is 16.8 Å². The molecule has 230 valence electrons. The van der Waals surface area contributed by atoms with Gasteiger partial charge in [0.2, 0.25) is 5.91 Å². The SMILES string of the molecule is C=CC1/C(=C/c2[nH]c(/C=C3\C4=NC(=O)C(CC)=C4CCCc4c(CCC(=O)O)c[nH]c43)c(CCC(=O)O)c2C)NC(=O)C1C. The number of carbonyl (C=O) groups excluding carboxylic acids is 2. The highest BCUT2D eigenvalue weighted by molar-refractivity contribution is 6.41. The zero-order chi connectivity index (χ0) is 31.7. The van der Waals surface area contributed by atoms with Crippen molar-refractivity contribution in [3.63, 3.8) is 0 Å². The van der Waals surface area contributed by atoms with E-state index in [0.29, 0.717) is 48.2 Å². The summed E-state index contributed by atoms with van der Waals surface area (Å²) in [6.45, 7) is 9.62. The fraction of sp³-hybridized carbons (Fsp3) is 0.382. The maximum absolute atomic E-state index is 13.0. The van der Waals surface area contributed by atoms with Crippen molar-refractivity contribution in [2.45, 2.75) is 72.1 Å². The van der Waals surface area contributed by atoms with Crippen LogP contribution in [0, 0.1) is 18.8 Å². The van der Waals surface area contributed by atoms with E-state index in [2.05, 4.69) is 26.9 Å². The second-order valence-electron chi connectivity index (χ2n) is 11.6. The van der Waals surface area contributed by atoms with Crippen molar-refractivity contribution in [1.82, 2.24) is 15.3 Å². The molecule has 4 heterocycles. The van der Waals surface area contributed by atoms with Gasteiger partial charge in [-0.3, -0.25) is 19.2 Å². The second kappa shape index (κ2) is 12.5. The third-order valence-electron chi connectivity index (χ3n) is 9.00. The standard InChI is InChI=1S/C34H38N4O6/c1-5-20-18(4)33(43)37-28(20)15-26-17(3)22(11-13-30(41)42)27(36-26)14-25-31-23(19(16-35-31)10-12-29(39)40)8-7-9-24-21(6-2)34(44)38-32(24)25/h5,14-16,18,20,35-36H,1,6-13H2,2-4H3,(H,37,43)(H,39,40)(H,41,42)/b25-14-,28-15-. The lowest BCUT2D eigenvalue weighted by atomic mass is 9.85. The zero-order valence-corrected chi connectivity index (χ0v) is 25.3. The van der Waals surface area contributed by atoms with Crippen LogP contribution in [-0.2, 0) is 38.4 Å². The molecule has 3 aliphatic rings. The van der Waals surface area contributed by atoms with Crippen LogP contribution in [0.15, 0.2) is 40.7 Å². The Morgan fingerprint density at radius 1 is 1.09 bits per heavy atom. The van der Waals surface area contributed by atoms with E-state index in [9.17, 15) is 29.4 Å². The number of aryl methyl sites for hydroxylation is 1. The molecule has 10 heteroatoms. The van der Waals surface area contributed by atoms with Gasteiger partial charge in [0.1, 0.15) is 0 Å². The van der Waals surface area contributed by atoms with Crippen LogP contribution in [-0.4, -0.2) is 49.6 Å². The van der Waals surface area contributed by atoms with Crippen LogP contribution < -0.4 is 5.32 Å². The van der Waals surface area contributed by atoms with Crippen LogP contribution in [0.25, 0.3) is 17.7 Å². The third-order valence-corrected chi connectivity index (χ3v) is 9.00. The summed E-state index contributed by atoms with van der Waals surface area (Å²) in [6.07, 6.45) is 10.7. The van der Waals surface area contributed by atoms with Crippen molar-refractivity contribution in [3.05, 3.63) is 75.0 Å². The van der Waals surface area contributed by atoms with E-state index in [1.54, 1.807) is 6.08 Å². The molecule has 10 nitrogen and oxygen atoms in total. The van der Waals surface area contributed by atoms with Gasteiger partial charge in [-0.2, -0.15) is 0 Å². The molecule has 5 rings (SSSR count). The Morgan fingerprint density at radius 3 is 2.50 bits per heavy atom. The molecule has 44 heavy (non-hydrogen) atoms. The number of carboxylic acids is 2. The van der Waals surface area contributed by atoms with Gasteiger partial charge in [-0.15, -0.1) is 6.58 Å². The number of fused-ring (bicyclic) bond motifs is 2. The number of aromatic nitrogens is 2. The Kier molecular flexibility index (Phi) is 8.71. The number of H-pyrrole nitrogens is 2. The molecular weight excluding hydrogens is 560 g/mol. The first-order valence-electron chi connectivity index (χ1n) is 15.1. The number of hydrogen-bond acceptors (Lipinski definition) is 4. The number of rotatable bonds is 10. The number of aromatic amines is 2. The largest absolute Gasteiger partial charge is 0.481 e. The van der Waals surface area contributed by atoms with E-state index < -0.39 is 11.9 Å². The van der Waals surface area contributed by atoms with E-state index >= 15 is 0 Å². The van der Waals surface area contributed by atoms with Crippen LogP contribution in [0.1, 0.15) is 85.3 Å². The molecular formula is C34H38N4O6. The first-order valence-corrected chi connectivity index (χ1v) is 15.1. The highest BCUT2D eigenvalue weighted by Crippen LogP contribution is 2.39. The van der Waals surface area contributed by atoms with Crippen molar-refractivity contribution in [3.8, 4) is 0 Å². The topological polar surface area (TPSA) is 165 Å². The Labute approximate surface area is 255 Å². The van der Waals surface area contributed by atoms with Crippen LogP contribution >= 0.6 is 0 Å². The normalized spacial score (nSPS) is 21.7. The Morgan fingerprint density at radius 2 is 1.82 bits per heavy atom. The third kappa shape index (κ3) is 5.76. The van der Waals surface area contributed by atoms with E-state index in [0.717, 1.165) is 51.3 Å². The van der Waals surface area contributed by atoms with Crippen LogP contribution in [0.3, 0.4) is 0 Å². The minimum absolute atomic E-state index is 0.00194. The molecule has 0 aromatic carbocycles. The van der Waals surface area contributed by atoms with E-state index in [1.165, 1.54) is 0 Å². The molecule has 2 atom stereocenters. The number of allylic oxidation sites excluding steroid dienone is 3. The molecule has 1 saturated heterocycles. The van der Waals surface area contributed by atoms with Gasteiger partial charge in [-0.1, -0.05) is 19.9 Å². The first-order chi connectivity index (χ1) is 21.0. The molecule has 2 aromatic rings. The van der Waals surface area contributed by atoms with Gasteiger partial charge in [-0.05, 0) is 85.4 Å². The summed E-state index contributed by atoms with van der Waals surface area (Å²) in [6, 6.07) is 0. The summed E-state index contributed by atoms with van der Waals surface area (Å²) in [5.74, 6) is -2.55. The molecule has 2 unspecified atom stereocenters. The number of nitrogens with zero attached hydrogens (tertiary/aromatic N) is 1. The molecule has 1 aliphatic carbocycles. The number of carbonyl (C=O) groups is 4. The van der Waals surface area contributed by atoms with Gasteiger partial charge >= 0.3 is 11.9 Å². The molecule has 2 aliphatic heterocycles. The van der Waals surface area contributed by atoms with Gasteiger partial charge in [0.15, 0.2) is 0 Å². The minimum atomic E-state index is -0.919. The Balaban J connectivity index is 1.70. The quantitative estimate of drug-likeness (QED) is 0.237. The molecule has 0 radical (unpaired) electrons. The van der Waals surface area contributed by atoms with Crippen LogP contribution in [0.2, 0.25) is 0 Å². The second-order valence-corrected chi connectivity index (χ2v) is 11.6. The molecule has 0 spiro atoms. The number of aliphatic carboxylic acids is 2. The highest BCUT2D eigenvalue weighted by Gasteiger charge is 2.34.